The predicted octanol–water partition coefficient (Wildman–Crippen LogP) is 3.07. The van der Waals surface area contributed by atoms with Gasteiger partial charge in [-0.1, -0.05) is 50.2 Å². The molecule has 1 heterocycles. The van der Waals surface area contributed by atoms with Crippen LogP contribution in [0.5, 0.6) is 0 Å². The third-order valence-corrected chi connectivity index (χ3v) is 12.8. The van der Waals surface area contributed by atoms with Gasteiger partial charge in [-0.2, -0.15) is 0 Å². The Hall–Kier alpha value is -5.00. The van der Waals surface area contributed by atoms with Crippen molar-refractivity contribution in [3.05, 3.63) is 82.4 Å². The lowest BCUT2D eigenvalue weighted by molar-refractivity contribution is -0.346. The van der Waals surface area contributed by atoms with Crippen molar-refractivity contribution in [1.29, 1.82) is 0 Å². The van der Waals surface area contributed by atoms with Crippen molar-refractivity contribution in [3.8, 4) is 0 Å². The lowest BCUT2D eigenvalue weighted by atomic mass is 9.44. The van der Waals surface area contributed by atoms with Gasteiger partial charge < -0.3 is 49.4 Å². The molecular formula is C44H53NO15. The number of alkyl carbamates (subject to hydrolysis) is 1. The van der Waals surface area contributed by atoms with Crippen LogP contribution in [0.15, 0.2) is 65.7 Å². The highest BCUT2D eigenvalue weighted by Crippen LogP contribution is 2.64. The van der Waals surface area contributed by atoms with Gasteiger partial charge in [0.25, 0.3) is 0 Å². The van der Waals surface area contributed by atoms with Crippen LogP contribution >= 0.6 is 0 Å². The number of rotatable bonds is 9. The van der Waals surface area contributed by atoms with Crippen LogP contribution in [0.25, 0.3) is 0 Å². The average Bonchev–Trinajstić information content (AvgIpc) is 3.17. The summed E-state index contributed by atoms with van der Waals surface area (Å²) in [6, 6.07) is 12.0. The molecule has 1 saturated heterocycles. The second kappa shape index (κ2) is 15.8. The second-order valence-electron chi connectivity index (χ2n) is 18.0. The summed E-state index contributed by atoms with van der Waals surface area (Å²) in [6.07, 6.45) is -11.4. The molecule has 60 heavy (non-hydrogen) atoms. The Bertz CT molecular complexity index is 2090. The Morgan fingerprint density at radius 1 is 1.00 bits per heavy atom. The number of hydrogen-bond donors (Lipinski definition) is 5. The van der Waals surface area contributed by atoms with E-state index in [4.69, 9.17) is 23.7 Å². The van der Waals surface area contributed by atoms with Gasteiger partial charge in [-0.25, -0.2) is 14.4 Å². The minimum absolute atomic E-state index is 0.0596. The van der Waals surface area contributed by atoms with Crippen molar-refractivity contribution in [2.24, 2.45) is 16.7 Å². The molecule has 1 amide bonds. The van der Waals surface area contributed by atoms with E-state index in [-0.39, 0.29) is 40.9 Å². The third-order valence-electron chi connectivity index (χ3n) is 12.8. The van der Waals surface area contributed by atoms with Crippen molar-refractivity contribution < 1.29 is 72.9 Å². The molecule has 1 aliphatic heterocycles. The van der Waals surface area contributed by atoms with Gasteiger partial charge in [0.1, 0.15) is 41.9 Å². The van der Waals surface area contributed by atoms with E-state index in [0.717, 1.165) is 6.92 Å². The molecule has 11 atom stereocenters. The molecule has 3 fully saturated rings. The third kappa shape index (κ3) is 7.42. The normalized spacial score (nSPS) is 32.9. The van der Waals surface area contributed by atoms with E-state index in [2.05, 4.69) is 5.32 Å². The number of esters is 3. The number of aliphatic hydroxyl groups excluding tert-OH is 3. The minimum Gasteiger partial charge on any atom is -0.456 e. The maximum Gasteiger partial charge on any atom is 0.408 e. The maximum absolute atomic E-state index is 15.0. The van der Waals surface area contributed by atoms with Crippen LogP contribution in [-0.2, 0) is 38.1 Å². The fourth-order valence-electron chi connectivity index (χ4n) is 9.72. The van der Waals surface area contributed by atoms with Gasteiger partial charge in [0.05, 0.1) is 35.6 Å². The van der Waals surface area contributed by atoms with Gasteiger partial charge in [0.15, 0.2) is 17.5 Å². The zero-order valence-electron chi connectivity index (χ0n) is 34.8. The Morgan fingerprint density at radius 3 is 2.25 bits per heavy atom. The van der Waals surface area contributed by atoms with Crippen LogP contribution < -0.4 is 5.32 Å². The van der Waals surface area contributed by atoms with Crippen LogP contribution in [0.2, 0.25) is 0 Å². The van der Waals surface area contributed by atoms with Crippen molar-refractivity contribution in [3.63, 3.8) is 0 Å². The van der Waals surface area contributed by atoms with Crippen LogP contribution in [0.4, 0.5) is 4.79 Å². The molecule has 2 bridgehead atoms. The minimum atomic E-state index is -2.40. The lowest BCUT2D eigenvalue weighted by Gasteiger charge is -2.67. The summed E-state index contributed by atoms with van der Waals surface area (Å²) >= 11 is 0. The molecule has 5 N–H and O–H groups in total. The number of ketones is 1. The summed E-state index contributed by atoms with van der Waals surface area (Å²) < 4.78 is 29.5. The van der Waals surface area contributed by atoms with Crippen molar-refractivity contribution in [1.82, 2.24) is 5.32 Å². The van der Waals surface area contributed by atoms with E-state index in [0.29, 0.717) is 6.29 Å². The maximum atomic E-state index is 15.0. The standard InChI is InChI=1S/C44H53NO15/c1-22-27(57-38(53)33(50)31(45-39(54)60-40(3,4)5)26-16-12-13-24(17-26)20-46)19-44(55)36(58-37(52)25-14-10-9-11-15-25)34-42(8,35(51)32(49)30(22)41(44,6)7)28(48)18-29-43(34,21-56-29)59-23(2)47/h9-17,20,27-29,31-34,36,48-50,55H,18-19,21H2,1-8H3,(H,45,54)/t27-,28-,29+,31-,32+,33+,34-,36-,42+,43-,44+/m0/s1. The first-order valence-electron chi connectivity index (χ1n) is 19.8. The monoisotopic (exact) mass is 835 g/mol. The van der Waals surface area contributed by atoms with Crippen molar-refractivity contribution in [2.75, 3.05) is 6.61 Å². The lowest BCUT2D eigenvalue weighted by Crippen LogP contribution is -2.81. The molecule has 0 unspecified atom stereocenters. The molecule has 16 heteroatoms. The molecule has 16 nitrogen and oxygen atoms in total. The van der Waals surface area contributed by atoms with E-state index in [1.54, 1.807) is 39.0 Å². The second-order valence-corrected chi connectivity index (χ2v) is 18.0. The quantitative estimate of drug-likeness (QED) is 0.106. The Labute approximate surface area is 347 Å². The molecular weight excluding hydrogens is 782 g/mol. The first-order valence-corrected chi connectivity index (χ1v) is 19.8. The fraction of sp³-hybridized carbons (Fsp3) is 0.545. The summed E-state index contributed by atoms with van der Waals surface area (Å²) in [5, 5.41) is 51.6. The van der Waals surface area contributed by atoms with Gasteiger partial charge in [-0.15, -0.1) is 0 Å². The number of hydrogen-bond acceptors (Lipinski definition) is 15. The number of aldehydes is 1. The predicted molar refractivity (Wildman–Crippen MR) is 209 cm³/mol. The van der Waals surface area contributed by atoms with Crippen molar-refractivity contribution in [2.45, 2.75) is 128 Å². The molecule has 2 aromatic carbocycles. The Balaban J connectivity index is 1.49. The molecule has 2 aromatic rings. The van der Waals surface area contributed by atoms with Crippen molar-refractivity contribution >= 4 is 36.1 Å². The first-order chi connectivity index (χ1) is 27.9. The molecule has 0 spiro atoms. The van der Waals surface area contributed by atoms with E-state index in [1.165, 1.54) is 64.1 Å². The number of fused-ring (bicyclic) bond motifs is 5. The number of carbonyl (C=O) groups excluding carboxylic acids is 6. The van der Waals surface area contributed by atoms with Crippen LogP contribution in [0.3, 0.4) is 0 Å². The van der Waals surface area contributed by atoms with Gasteiger partial charge in [-0.3, -0.25) is 14.4 Å². The van der Waals surface area contributed by atoms with Crippen LogP contribution in [0.1, 0.15) is 101 Å². The number of nitrogens with one attached hydrogen (secondary N) is 1. The van der Waals surface area contributed by atoms with E-state index >= 15 is 0 Å². The zero-order valence-corrected chi connectivity index (χ0v) is 34.8. The highest BCUT2D eigenvalue weighted by molar-refractivity contribution is 5.94. The molecule has 4 aliphatic rings. The highest BCUT2D eigenvalue weighted by atomic mass is 16.6. The molecule has 0 radical (unpaired) electrons. The number of amides is 1. The number of aliphatic hydroxyl groups is 4. The summed E-state index contributed by atoms with van der Waals surface area (Å²) in [5.41, 5.74) is -8.46. The van der Waals surface area contributed by atoms with Crippen LogP contribution in [-0.4, -0.2) is 117 Å². The van der Waals surface area contributed by atoms with Gasteiger partial charge in [0, 0.05) is 30.7 Å². The summed E-state index contributed by atoms with van der Waals surface area (Å²) in [7, 11) is 0. The van der Waals surface area contributed by atoms with Gasteiger partial charge in [-0.05, 0) is 69.5 Å². The number of benzene rings is 2. The van der Waals surface area contributed by atoms with Gasteiger partial charge >= 0.3 is 24.0 Å². The van der Waals surface area contributed by atoms with Crippen LogP contribution in [0, 0.1) is 16.7 Å². The smallest absolute Gasteiger partial charge is 0.408 e. The molecule has 0 aromatic heterocycles. The number of carbonyl (C=O) groups is 6. The fourth-order valence-corrected chi connectivity index (χ4v) is 9.72. The first kappa shape index (κ1) is 44.5. The SMILES string of the molecule is CC(=O)O[C@@]12CO[C@@H]1C[C@H](O)[C@@]1(C)C(=O)[C@H](O)C3=C(C)[C@@H](OC(=O)[C@H](O)[C@@H](NC(=O)OC(C)(C)C)c4cccc(C=O)c4)C[C@@](O)([C@@H](OC(=O)c4ccccc4)[C@H]21)C3(C)C. The Kier molecular flexibility index (Phi) is 11.7. The number of Topliss-reactive ketones (excluding diaryl/α,β-unsaturated/α-hetero) is 1. The van der Waals surface area contributed by atoms with Gasteiger partial charge in [0.2, 0.25) is 0 Å². The Morgan fingerprint density at radius 2 is 1.67 bits per heavy atom. The van der Waals surface area contributed by atoms with E-state index < -0.39 is 112 Å². The highest BCUT2D eigenvalue weighted by Gasteiger charge is 2.78. The largest absolute Gasteiger partial charge is 0.456 e. The zero-order chi connectivity index (χ0) is 44.3. The molecule has 6 rings (SSSR count). The molecule has 2 saturated carbocycles. The average molecular weight is 836 g/mol. The summed E-state index contributed by atoms with van der Waals surface area (Å²) in [6.45, 7) is 11.5. The number of ether oxygens (including phenoxy) is 5. The topological polar surface area (TPSA) is 242 Å². The van der Waals surface area contributed by atoms with E-state index in [9.17, 15) is 49.2 Å². The van der Waals surface area contributed by atoms with E-state index in [1.807, 2.05) is 0 Å². The molecule has 3 aliphatic carbocycles. The summed E-state index contributed by atoms with van der Waals surface area (Å²) in [5.74, 6) is -5.54. The summed E-state index contributed by atoms with van der Waals surface area (Å²) in [4.78, 5) is 80.8. The molecule has 324 valence electrons.